The third-order valence-corrected chi connectivity index (χ3v) is 3.30. The molecule has 1 aromatic carbocycles. The molecular formula is C15H12N4O5. The molecule has 9 nitrogen and oxygen atoms in total. The number of methoxy groups -OCH3 is 1. The van der Waals surface area contributed by atoms with E-state index in [9.17, 15) is 14.9 Å². The molecule has 0 fully saturated rings. The van der Waals surface area contributed by atoms with Crippen molar-refractivity contribution in [3.8, 4) is 17.1 Å². The molecule has 0 radical (unpaired) electrons. The second-order valence-electron chi connectivity index (χ2n) is 4.82. The molecule has 0 aliphatic rings. The van der Waals surface area contributed by atoms with Crippen molar-refractivity contribution < 1.29 is 14.2 Å². The van der Waals surface area contributed by atoms with Gasteiger partial charge in [-0.3, -0.25) is 19.5 Å². The largest absolute Gasteiger partial charge is 0.496 e. The Morgan fingerprint density at radius 3 is 2.83 bits per heavy atom. The third-order valence-electron chi connectivity index (χ3n) is 3.30. The summed E-state index contributed by atoms with van der Waals surface area (Å²) in [6.07, 6.45) is 1.13. The van der Waals surface area contributed by atoms with Gasteiger partial charge >= 0.3 is 0 Å². The SMILES string of the molecule is COc1ccccc1-c1noc(Cn2cc([N+](=O)[O-])ccc2=O)n1. The normalized spacial score (nSPS) is 10.5. The van der Waals surface area contributed by atoms with Gasteiger partial charge in [-0.05, 0) is 12.1 Å². The first-order chi connectivity index (χ1) is 11.6. The van der Waals surface area contributed by atoms with Crippen LogP contribution in [0.25, 0.3) is 11.4 Å². The lowest BCUT2D eigenvalue weighted by molar-refractivity contribution is -0.385. The molecule has 0 atom stereocenters. The highest BCUT2D eigenvalue weighted by atomic mass is 16.6. The minimum atomic E-state index is -0.579. The highest BCUT2D eigenvalue weighted by Crippen LogP contribution is 2.27. The lowest BCUT2D eigenvalue weighted by Gasteiger charge is -2.03. The maximum atomic E-state index is 11.8. The zero-order valence-electron chi connectivity index (χ0n) is 12.6. The van der Waals surface area contributed by atoms with Crippen LogP contribution in [0.3, 0.4) is 0 Å². The minimum Gasteiger partial charge on any atom is -0.496 e. The van der Waals surface area contributed by atoms with Gasteiger partial charge in [-0.1, -0.05) is 17.3 Å². The molecule has 24 heavy (non-hydrogen) atoms. The van der Waals surface area contributed by atoms with Crippen LogP contribution in [0.4, 0.5) is 5.69 Å². The summed E-state index contributed by atoms with van der Waals surface area (Å²) in [4.78, 5) is 26.2. The lowest BCUT2D eigenvalue weighted by atomic mass is 10.2. The molecular weight excluding hydrogens is 316 g/mol. The lowest BCUT2D eigenvalue weighted by Crippen LogP contribution is -2.19. The van der Waals surface area contributed by atoms with E-state index in [0.717, 1.165) is 22.9 Å². The highest BCUT2D eigenvalue weighted by Gasteiger charge is 2.15. The molecule has 2 aromatic heterocycles. The van der Waals surface area contributed by atoms with Gasteiger partial charge in [0, 0.05) is 12.1 Å². The molecule has 2 heterocycles. The zero-order chi connectivity index (χ0) is 17.1. The second kappa shape index (κ2) is 6.32. The van der Waals surface area contributed by atoms with Gasteiger partial charge in [-0.2, -0.15) is 4.98 Å². The predicted molar refractivity (Wildman–Crippen MR) is 82.7 cm³/mol. The van der Waals surface area contributed by atoms with Crippen molar-refractivity contribution in [2.24, 2.45) is 0 Å². The van der Waals surface area contributed by atoms with Crippen LogP contribution >= 0.6 is 0 Å². The Morgan fingerprint density at radius 1 is 1.29 bits per heavy atom. The summed E-state index contributed by atoms with van der Waals surface area (Å²) >= 11 is 0. The molecule has 3 aromatic rings. The molecule has 0 saturated heterocycles. The average molecular weight is 328 g/mol. The van der Waals surface area contributed by atoms with E-state index in [2.05, 4.69) is 10.1 Å². The van der Waals surface area contributed by atoms with Gasteiger partial charge in [0.2, 0.25) is 11.7 Å². The number of pyridine rings is 1. The van der Waals surface area contributed by atoms with E-state index in [0.29, 0.717) is 17.1 Å². The van der Waals surface area contributed by atoms with Gasteiger partial charge in [0.05, 0.1) is 23.8 Å². The van der Waals surface area contributed by atoms with Crippen molar-refractivity contribution >= 4 is 5.69 Å². The monoisotopic (exact) mass is 328 g/mol. The Bertz CT molecular complexity index is 947. The fourth-order valence-corrected chi connectivity index (χ4v) is 2.15. The molecule has 0 bridgehead atoms. The Kier molecular flexibility index (Phi) is 4.06. The van der Waals surface area contributed by atoms with Crippen LogP contribution in [0.2, 0.25) is 0 Å². The van der Waals surface area contributed by atoms with Crippen molar-refractivity contribution in [2.75, 3.05) is 7.11 Å². The van der Waals surface area contributed by atoms with Crippen LogP contribution in [-0.2, 0) is 6.54 Å². The van der Waals surface area contributed by atoms with Gasteiger partial charge in [-0.15, -0.1) is 0 Å². The number of rotatable bonds is 5. The number of nitrogens with zero attached hydrogens (tertiary/aromatic N) is 4. The van der Waals surface area contributed by atoms with Crippen molar-refractivity contribution in [1.82, 2.24) is 14.7 Å². The van der Waals surface area contributed by atoms with E-state index in [-0.39, 0.29) is 18.1 Å². The molecule has 0 aliphatic heterocycles. The smallest absolute Gasteiger partial charge is 0.285 e. The van der Waals surface area contributed by atoms with Crippen molar-refractivity contribution in [1.29, 1.82) is 0 Å². The molecule has 0 amide bonds. The quantitative estimate of drug-likeness (QED) is 0.519. The number of benzene rings is 1. The molecule has 0 unspecified atom stereocenters. The fraction of sp³-hybridized carbons (Fsp3) is 0.133. The Balaban J connectivity index is 1.91. The molecule has 0 spiro atoms. The maximum Gasteiger partial charge on any atom is 0.285 e. The van der Waals surface area contributed by atoms with Gasteiger partial charge in [0.1, 0.15) is 12.3 Å². The van der Waals surface area contributed by atoms with E-state index in [4.69, 9.17) is 9.26 Å². The van der Waals surface area contributed by atoms with Gasteiger partial charge in [0.25, 0.3) is 11.2 Å². The van der Waals surface area contributed by atoms with E-state index in [1.807, 2.05) is 6.07 Å². The molecule has 9 heteroatoms. The number of nitro groups is 1. The molecule has 0 N–H and O–H groups in total. The summed E-state index contributed by atoms with van der Waals surface area (Å²) in [5.41, 5.74) is 0.0399. The first-order valence-electron chi connectivity index (χ1n) is 6.89. The van der Waals surface area contributed by atoms with Crippen LogP contribution in [-0.4, -0.2) is 26.7 Å². The number of para-hydroxylation sites is 1. The van der Waals surface area contributed by atoms with Gasteiger partial charge in [-0.25, -0.2) is 0 Å². The van der Waals surface area contributed by atoms with Crippen LogP contribution in [0.1, 0.15) is 5.89 Å². The van der Waals surface area contributed by atoms with Crippen molar-refractivity contribution in [3.05, 3.63) is 69.0 Å². The van der Waals surface area contributed by atoms with Gasteiger partial charge < -0.3 is 9.26 Å². The summed E-state index contributed by atoms with van der Waals surface area (Å²) in [7, 11) is 1.53. The van der Waals surface area contributed by atoms with E-state index in [1.165, 1.54) is 7.11 Å². The summed E-state index contributed by atoms with van der Waals surface area (Å²) in [5.74, 6) is 1.04. The summed E-state index contributed by atoms with van der Waals surface area (Å²) in [6.45, 7) is -0.0668. The van der Waals surface area contributed by atoms with Crippen LogP contribution < -0.4 is 10.3 Å². The van der Waals surface area contributed by atoms with Crippen LogP contribution in [0.15, 0.2) is 51.9 Å². The number of aromatic nitrogens is 3. The number of hydrogen-bond acceptors (Lipinski definition) is 7. The van der Waals surface area contributed by atoms with E-state index in [1.54, 1.807) is 18.2 Å². The standard InChI is InChI=1S/C15H12N4O5/c1-23-12-5-3-2-4-11(12)15-16-13(24-17-15)9-18-8-10(19(21)22)6-7-14(18)20/h2-8H,9H2,1H3. The zero-order valence-corrected chi connectivity index (χ0v) is 12.6. The summed E-state index contributed by atoms with van der Waals surface area (Å²) in [6, 6.07) is 9.41. The fourth-order valence-electron chi connectivity index (χ4n) is 2.15. The van der Waals surface area contributed by atoms with E-state index >= 15 is 0 Å². The van der Waals surface area contributed by atoms with Gasteiger partial charge in [0.15, 0.2) is 0 Å². The predicted octanol–water partition coefficient (Wildman–Crippen LogP) is 1.86. The maximum absolute atomic E-state index is 11.8. The Hall–Kier alpha value is -3.49. The van der Waals surface area contributed by atoms with Crippen LogP contribution in [0.5, 0.6) is 5.75 Å². The summed E-state index contributed by atoms with van der Waals surface area (Å²) in [5, 5.41) is 14.7. The number of ether oxygens (including phenoxy) is 1. The number of hydrogen-bond donors (Lipinski definition) is 0. The summed E-state index contributed by atoms with van der Waals surface area (Å²) < 4.78 is 11.5. The Morgan fingerprint density at radius 2 is 2.08 bits per heavy atom. The van der Waals surface area contributed by atoms with E-state index < -0.39 is 10.5 Å². The van der Waals surface area contributed by atoms with Crippen molar-refractivity contribution in [3.63, 3.8) is 0 Å². The highest BCUT2D eigenvalue weighted by molar-refractivity contribution is 5.63. The molecule has 0 saturated carbocycles. The molecule has 122 valence electrons. The second-order valence-corrected chi connectivity index (χ2v) is 4.82. The van der Waals surface area contributed by atoms with Crippen LogP contribution in [0, 0.1) is 10.1 Å². The minimum absolute atomic E-state index is 0.0668. The van der Waals surface area contributed by atoms with Crippen molar-refractivity contribution in [2.45, 2.75) is 6.54 Å². The molecule has 0 aliphatic carbocycles. The topological polar surface area (TPSA) is 113 Å². The first kappa shape index (κ1) is 15.4. The molecule has 3 rings (SSSR count). The third kappa shape index (κ3) is 3.00. The average Bonchev–Trinajstić information content (AvgIpc) is 3.05. The Labute approximate surface area is 135 Å². The first-order valence-corrected chi connectivity index (χ1v) is 6.89.